The molecule has 1 saturated carbocycles. The number of amides is 1. The molecule has 2 aliphatic rings. The van der Waals surface area contributed by atoms with Crippen molar-refractivity contribution >= 4 is 12.1 Å². The normalized spacial score (nSPS) is 23.5. The number of rotatable bonds is 2. The van der Waals surface area contributed by atoms with Crippen molar-refractivity contribution in [3.05, 3.63) is 0 Å². The van der Waals surface area contributed by atoms with Gasteiger partial charge in [0, 0.05) is 18.5 Å². The zero-order chi connectivity index (χ0) is 14.4. The maximum Gasteiger partial charge on any atom is 0.410 e. The molecular formula is C14H23NO4. The molecule has 0 aromatic rings. The van der Waals surface area contributed by atoms with E-state index in [9.17, 15) is 9.59 Å². The largest absolute Gasteiger partial charge is 0.481 e. The molecule has 2 fully saturated rings. The van der Waals surface area contributed by atoms with E-state index in [2.05, 4.69) is 0 Å². The molecule has 0 bridgehead atoms. The molecule has 0 aromatic heterocycles. The minimum atomic E-state index is -0.719. The van der Waals surface area contributed by atoms with Gasteiger partial charge in [0.1, 0.15) is 5.60 Å². The summed E-state index contributed by atoms with van der Waals surface area (Å²) in [5.74, 6) is -0.734. The smallest absolute Gasteiger partial charge is 0.410 e. The van der Waals surface area contributed by atoms with Gasteiger partial charge in [0.2, 0.25) is 0 Å². The highest BCUT2D eigenvalue weighted by Crippen LogP contribution is 2.54. The van der Waals surface area contributed by atoms with Crippen molar-refractivity contribution in [1.82, 2.24) is 4.90 Å². The van der Waals surface area contributed by atoms with E-state index >= 15 is 0 Å². The Kier molecular flexibility index (Phi) is 3.27. The lowest BCUT2D eigenvalue weighted by Gasteiger charge is -2.59. The van der Waals surface area contributed by atoms with Crippen molar-refractivity contribution in [3.8, 4) is 0 Å². The van der Waals surface area contributed by atoms with Crippen molar-refractivity contribution < 1.29 is 19.4 Å². The minimum Gasteiger partial charge on any atom is -0.481 e. The summed E-state index contributed by atoms with van der Waals surface area (Å²) in [4.78, 5) is 24.4. The van der Waals surface area contributed by atoms with E-state index in [1.54, 1.807) is 11.8 Å². The van der Waals surface area contributed by atoms with E-state index < -0.39 is 11.6 Å². The Labute approximate surface area is 113 Å². The number of hydrogen-bond donors (Lipinski definition) is 1. The van der Waals surface area contributed by atoms with Crippen LogP contribution in [0.25, 0.3) is 0 Å². The highest BCUT2D eigenvalue weighted by atomic mass is 16.6. The van der Waals surface area contributed by atoms with Crippen LogP contribution in [0.4, 0.5) is 4.79 Å². The average Bonchev–Trinajstić information content (AvgIpc) is 2.09. The van der Waals surface area contributed by atoms with Crippen molar-refractivity contribution in [3.63, 3.8) is 0 Å². The van der Waals surface area contributed by atoms with Gasteiger partial charge in [0.15, 0.2) is 0 Å². The summed E-state index contributed by atoms with van der Waals surface area (Å²) in [6.07, 6.45) is 1.58. The predicted octanol–water partition coefficient (Wildman–Crippen LogP) is 2.35. The minimum absolute atomic E-state index is 0.172. The Hall–Kier alpha value is -1.26. The summed E-state index contributed by atoms with van der Waals surface area (Å²) in [6, 6.07) is 0. The Morgan fingerprint density at radius 3 is 2.26 bits per heavy atom. The van der Waals surface area contributed by atoms with Gasteiger partial charge in [0.25, 0.3) is 0 Å². The van der Waals surface area contributed by atoms with Crippen LogP contribution >= 0.6 is 0 Å². The van der Waals surface area contributed by atoms with Crippen molar-refractivity contribution in [1.29, 1.82) is 0 Å². The molecule has 0 aromatic carbocycles. The maximum absolute atomic E-state index is 11.8. The number of carboxylic acid groups (broad SMARTS) is 1. The Bertz CT molecular complexity index is 385. The molecule has 0 unspecified atom stereocenters. The van der Waals surface area contributed by atoms with Gasteiger partial charge in [-0.05, 0) is 39.5 Å². The molecule has 1 aliphatic heterocycles. The third kappa shape index (κ3) is 2.85. The second-order valence-corrected chi connectivity index (χ2v) is 7.13. The third-order valence-electron chi connectivity index (χ3n) is 4.19. The van der Waals surface area contributed by atoms with Gasteiger partial charge in [-0.1, -0.05) is 6.92 Å². The highest BCUT2D eigenvalue weighted by molar-refractivity contribution is 5.71. The second kappa shape index (κ2) is 4.39. The zero-order valence-electron chi connectivity index (χ0n) is 12.1. The summed E-state index contributed by atoms with van der Waals surface area (Å²) in [7, 11) is 0. The van der Waals surface area contributed by atoms with Crippen LogP contribution in [0.3, 0.4) is 0 Å². The zero-order valence-corrected chi connectivity index (χ0v) is 12.1. The SMILES string of the molecule is C[C@@H](C(=O)O)C1CC2(C1)CN(C(=O)OC(C)(C)C)C2. The second-order valence-electron chi connectivity index (χ2n) is 7.13. The van der Waals surface area contributed by atoms with E-state index in [-0.39, 0.29) is 23.3 Å². The van der Waals surface area contributed by atoms with Gasteiger partial charge < -0.3 is 14.7 Å². The Balaban J connectivity index is 1.76. The first-order valence-electron chi connectivity index (χ1n) is 6.83. The summed E-state index contributed by atoms with van der Waals surface area (Å²) >= 11 is 0. The summed E-state index contributed by atoms with van der Waals surface area (Å²) < 4.78 is 5.31. The van der Waals surface area contributed by atoms with Gasteiger partial charge in [-0.25, -0.2) is 4.79 Å². The number of likely N-dealkylation sites (tertiary alicyclic amines) is 1. The fourth-order valence-corrected chi connectivity index (χ4v) is 3.08. The Morgan fingerprint density at radius 2 is 1.84 bits per heavy atom. The molecular weight excluding hydrogens is 246 g/mol. The van der Waals surface area contributed by atoms with E-state index in [0.717, 1.165) is 12.8 Å². The van der Waals surface area contributed by atoms with Gasteiger partial charge in [-0.15, -0.1) is 0 Å². The first kappa shape index (κ1) is 14.2. The standard InChI is InChI=1S/C14H23NO4/c1-9(11(16)17)10-5-14(6-10)7-15(8-14)12(18)19-13(2,3)4/h9-10H,5-8H2,1-4H3,(H,16,17)/t9-/m1/s1. The van der Waals surface area contributed by atoms with Crippen molar-refractivity contribution in [2.75, 3.05) is 13.1 Å². The predicted molar refractivity (Wildman–Crippen MR) is 69.8 cm³/mol. The molecule has 1 saturated heterocycles. The monoisotopic (exact) mass is 269 g/mol. The molecule has 1 amide bonds. The Morgan fingerprint density at radius 1 is 1.32 bits per heavy atom. The highest BCUT2D eigenvalue weighted by Gasteiger charge is 2.56. The molecule has 1 aliphatic carbocycles. The molecule has 1 N–H and O–H groups in total. The first-order chi connectivity index (χ1) is 8.62. The summed E-state index contributed by atoms with van der Waals surface area (Å²) in [5, 5.41) is 8.96. The lowest BCUT2D eigenvalue weighted by atomic mass is 9.55. The van der Waals surface area contributed by atoms with E-state index in [0.29, 0.717) is 13.1 Å². The molecule has 2 rings (SSSR count). The van der Waals surface area contributed by atoms with E-state index in [4.69, 9.17) is 9.84 Å². The third-order valence-corrected chi connectivity index (χ3v) is 4.19. The van der Waals surface area contributed by atoms with Crippen LogP contribution in [0, 0.1) is 17.3 Å². The van der Waals surface area contributed by atoms with Crippen molar-refractivity contribution in [2.45, 2.75) is 46.1 Å². The summed E-state index contributed by atoms with van der Waals surface area (Å²) in [5.41, 5.74) is -0.287. The van der Waals surface area contributed by atoms with Crippen LogP contribution in [0.1, 0.15) is 40.5 Å². The van der Waals surface area contributed by atoms with Gasteiger partial charge in [0.05, 0.1) is 5.92 Å². The van der Waals surface area contributed by atoms with Gasteiger partial charge in [-0.3, -0.25) is 4.79 Å². The topological polar surface area (TPSA) is 66.8 Å². The van der Waals surface area contributed by atoms with Crippen LogP contribution in [-0.4, -0.2) is 40.8 Å². The molecule has 0 radical (unpaired) electrons. The van der Waals surface area contributed by atoms with Crippen molar-refractivity contribution in [2.24, 2.45) is 17.3 Å². The molecule has 1 atom stereocenters. The molecule has 108 valence electrons. The van der Waals surface area contributed by atoms with E-state index in [1.807, 2.05) is 20.8 Å². The maximum atomic E-state index is 11.8. The molecule has 1 spiro atoms. The van der Waals surface area contributed by atoms with Crippen LogP contribution in [0.15, 0.2) is 0 Å². The van der Waals surface area contributed by atoms with E-state index in [1.165, 1.54) is 0 Å². The number of hydrogen-bond acceptors (Lipinski definition) is 3. The molecule has 19 heavy (non-hydrogen) atoms. The van der Waals surface area contributed by atoms with Crippen LogP contribution < -0.4 is 0 Å². The number of carbonyl (C=O) groups excluding carboxylic acids is 1. The van der Waals surface area contributed by atoms with Gasteiger partial charge >= 0.3 is 12.1 Å². The lowest BCUT2D eigenvalue weighted by Crippen LogP contribution is -2.65. The number of aliphatic carboxylic acids is 1. The van der Waals surface area contributed by atoms with Crippen LogP contribution in [0.5, 0.6) is 0 Å². The molecule has 1 heterocycles. The van der Waals surface area contributed by atoms with Gasteiger partial charge in [-0.2, -0.15) is 0 Å². The molecule has 5 heteroatoms. The number of carboxylic acids is 1. The average molecular weight is 269 g/mol. The fourth-order valence-electron chi connectivity index (χ4n) is 3.08. The molecule has 5 nitrogen and oxygen atoms in total. The first-order valence-corrected chi connectivity index (χ1v) is 6.83. The fraction of sp³-hybridized carbons (Fsp3) is 0.857. The number of carbonyl (C=O) groups is 2. The lowest BCUT2D eigenvalue weighted by molar-refractivity contribution is -0.152. The number of nitrogens with zero attached hydrogens (tertiary/aromatic N) is 1. The number of ether oxygens (including phenoxy) is 1. The van der Waals surface area contributed by atoms with Crippen LogP contribution in [0.2, 0.25) is 0 Å². The summed E-state index contributed by atoms with van der Waals surface area (Å²) in [6.45, 7) is 8.76. The van der Waals surface area contributed by atoms with Crippen LogP contribution in [-0.2, 0) is 9.53 Å². The quantitative estimate of drug-likeness (QED) is 0.835.